The lowest BCUT2D eigenvalue weighted by atomic mass is 9.96. The zero-order valence-electron chi connectivity index (χ0n) is 10.7. The third-order valence-corrected chi connectivity index (χ3v) is 4.54. The van der Waals surface area contributed by atoms with Crippen molar-refractivity contribution < 1.29 is 22.7 Å². The number of fused-ring (bicyclic) bond motifs is 1. The van der Waals surface area contributed by atoms with E-state index in [1.54, 1.807) is 0 Å². The molecular formula is C13H15NO5S. The number of hydrogen-bond donors (Lipinski definition) is 1. The summed E-state index contributed by atoms with van der Waals surface area (Å²) >= 11 is 0. The van der Waals surface area contributed by atoms with Gasteiger partial charge >= 0.3 is 5.97 Å². The van der Waals surface area contributed by atoms with Crippen LogP contribution in [0.4, 0.5) is 0 Å². The number of nitrogens with two attached hydrogens (primary N) is 1. The zero-order chi connectivity index (χ0) is 14.3. The minimum absolute atomic E-state index is 0.00907. The minimum atomic E-state index is -3.75. The monoisotopic (exact) mass is 297 g/mol. The number of benzene rings is 1. The van der Waals surface area contributed by atoms with E-state index in [1.165, 1.54) is 18.2 Å². The van der Waals surface area contributed by atoms with Crippen LogP contribution in [0.1, 0.15) is 24.8 Å². The molecule has 1 aromatic carbocycles. The molecule has 7 heteroatoms. The number of rotatable bonds is 3. The Morgan fingerprint density at radius 2 is 2.10 bits per heavy atom. The van der Waals surface area contributed by atoms with Crippen molar-refractivity contribution in [3.63, 3.8) is 0 Å². The molecule has 1 unspecified atom stereocenters. The summed E-state index contributed by atoms with van der Waals surface area (Å²) in [6.45, 7) is 0. The van der Waals surface area contributed by atoms with Gasteiger partial charge in [-0.1, -0.05) is 0 Å². The van der Waals surface area contributed by atoms with Crippen molar-refractivity contribution in [2.75, 3.05) is 0 Å². The van der Waals surface area contributed by atoms with Crippen molar-refractivity contribution in [2.24, 2.45) is 5.14 Å². The first-order valence-corrected chi connectivity index (χ1v) is 8.01. The second-order valence-corrected chi connectivity index (χ2v) is 6.68. The molecule has 20 heavy (non-hydrogen) atoms. The number of hydrogen-bond acceptors (Lipinski definition) is 5. The molecule has 1 aromatic rings. The molecule has 0 radical (unpaired) electrons. The van der Waals surface area contributed by atoms with Crippen molar-refractivity contribution in [2.45, 2.75) is 42.8 Å². The molecule has 1 saturated carbocycles. The van der Waals surface area contributed by atoms with E-state index in [0.717, 1.165) is 19.3 Å². The predicted molar refractivity (Wildman–Crippen MR) is 69.7 cm³/mol. The lowest BCUT2D eigenvalue weighted by molar-refractivity contribution is -0.160. The van der Waals surface area contributed by atoms with Crippen LogP contribution in [-0.2, 0) is 26.0 Å². The molecule has 0 saturated heterocycles. The fraction of sp³-hybridized carbons (Fsp3) is 0.462. The quantitative estimate of drug-likeness (QED) is 0.830. The molecule has 1 aliphatic carbocycles. The Morgan fingerprint density at radius 1 is 1.35 bits per heavy atom. The second kappa shape index (κ2) is 4.75. The first-order chi connectivity index (χ1) is 9.43. The van der Waals surface area contributed by atoms with Gasteiger partial charge in [-0.25, -0.2) is 18.4 Å². The molecule has 0 amide bonds. The van der Waals surface area contributed by atoms with E-state index in [2.05, 4.69) is 0 Å². The van der Waals surface area contributed by atoms with Crippen molar-refractivity contribution in [1.29, 1.82) is 0 Å². The zero-order valence-corrected chi connectivity index (χ0v) is 11.6. The Labute approximate surface area is 116 Å². The Bertz CT molecular complexity index is 651. The average Bonchev–Trinajstić information content (AvgIpc) is 2.75. The van der Waals surface area contributed by atoms with Crippen LogP contribution in [0.2, 0.25) is 0 Å². The number of carbonyl (C=O) groups excluding carboxylic acids is 1. The highest BCUT2D eigenvalue weighted by Crippen LogP contribution is 2.32. The third-order valence-electron chi connectivity index (χ3n) is 3.63. The smallest absolute Gasteiger partial charge is 0.347 e. The van der Waals surface area contributed by atoms with Gasteiger partial charge in [-0.05, 0) is 43.0 Å². The molecule has 108 valence electrons. The Hall–Kier alpha value is -1.60. The Kier molecular flexibility index (Phi) is 3.18. The number of sulfonamides is 1. The fourth-order valence-electron chi connectivity index (χ4n) is 2.26. The van der Waals surface area contributed by atoms with Crippen molar-refractivity contribution in [3.05, 3.63) is 23.8 Å². The summed E-state index contributed by atoms with van der Waals surface area (Å²) in [6, 6.07) is 4.33. The molecule has 0 spiro atoms. The third kappa shape index (κ3) is 2.51. The molecule has 6 nitrogen and oxygen atoms in total. The summed E-state index contributed by atoms with van der Waals surface area (Å²) < 4.78 is 33.4. The topological polar surface area (TPSA) is 95.7 Å². The van der Waals surface area contributed by atoms with Crippen molar-refractivity contribution in [3.8, 4) is 5.75 Å². The standard InChI is InChI=1S/C13H15NO5S/c14-20(16,17)10-4-5-11-8(6-10)7-12(19-11)13(15)18-9-2-1-3-9/h4-6,9,12H,1-3,7H2,(H2,14,16,17). The Morgan fingerprint density at radius 3 is 2.70 bits per heavy atom. The number of carbonyl (C=O) groups is 1. The highest BCUT2D eigenvalue weighted by molar-refractivity contribution is 7.89. The number of esters is 1. The van der Waals surface area contributed by atoms with Crippen LogP contribution in [0.15, 0.2) is 23.1 Å². The molecule has 1 heterocycles. The van der Waals surface area contributed by atoms with Crippen LogP contribution in [0.25, 0.3) is 0 Å². The van der Waals surface area contributed by atoms with Gasteiger partial charge in [0.2, 0.25) is 10.0 Å². The van der Waals surface area contributed by atoms with Crippen LogP contribution in [0.3, 0.4) is 0 Å². The van der Waals surface area contributed by atoms with Crippen LogP contribution >= 0.6 is 0 Å². The maximum absolute atomic E-state index is 11.9. The van der Waals surface area contributed by atoms with Gasteiger partial charge in [0.05, 0.1) is 4.90 Å². The summed E-state index contributed by atoms with van der Waals surface area (Å²) in [7, 11) is -3.75. The average molecular weight is 297 g/mol. The molecule has 1 atom stereocenters. The van der Waals surface area contributed by atoms with E-state index < -0.39 is 16.1 Å². The Balaban J connectivity index is 1.73. The van der Waals surface area contributed by atoms with Gasteiger partial charge < -0.3 is 9.47 Å². The van der Waals surface area contributed by atoms with E-state index in [1.807, 2.05) is 0 Å². The predicted octanol–water partition coefficient (Wildman–Crippen LogP) is 0.733. The molecule has 1 fully saturated rings. The van der Waals surface area contributed by atoms with Crippen molar-refractivity contribution >= 4 is 16.0 Å². The molecule has 0 bridgehead atoms. The maximum atomic E-state index is 11.9. The van der Waals surface area contributed by atoms with Crippen LogP contribution < -0.4 is 9.88 Å². The van der Waals surface area contributed by atoms with Crippen LogP contribution in [0.5, 0.6) is 5.75 Å². The largest absolute Gasteiger partial charge is 0.478 e. The summed E-state index contributed by atoms with van der Waals surface area (Å²) in [5, 5.41) is 5.08. The van der Waals surface area contributed by atoms with Gasteiger partial charge in [-0.3, -0.25) is 0 Å². The summed E-state index contributed by atoms with van der Waals surface area (Å²) in [6.07, 6.45) is 2.52. The lowest BCUT2D eigenvalue weighted by Crippen LogP contribution is -2.34. The first-order valence-electron chi connectivity index (χ1n) is 6.46. The molecule has 3 rings (SSSR count). The normalized spacial score (nSPS) is 21.8. The van der Waals surface area contributed by atoms with Gasteiger partial charge in [-0.2, -0.15) is 0 Å². The van der Waals surface area contributed by atoms with Crippen LogP contribution in [0, 0.1) is 0 Å². The van der Waals surface area contributed by atoms with Gasteiger partial charge in [0.15, 0.2) is 6.10 Å². The molecule has 0 aromatic heterocycles. The van der Waals surface area contributed by atoms with Gasteiger partial charge in [0.1, 0.15) is 11.9 Å². The van der Waals surface area contributed by atoms with Gasteiger partial charge in [-0.15, -0.1) is 0 Å². The highest BCUT2D eigenvalue weighted by Gasteiger charge is 2.33. The maximum Gasteiger partial charge on any atom is 0.347 e. The van der Waals surface area contributed by atoms with Crippen LogP contribution in [-0.4, -0.2) is 26.6 Å². The molecular weight excluding hydrogens is 282 g/mol. The number of ether oxygens (including phenoxy) is 2. The van der Waals surface area contributed by atoms with Gasteiger partial charge in [0.25, 0.3) is 0 Å². The summed E-state index contributed by atoms with van der Waals surface area (Å²) in [4.78, 5) is 11.9. The minimum Gasteiger partial charge on any atom is -0.478 e. The summed E-state index contributed by atoms with van der Waals surface area (Å²) in [5.74, 6) is 0.121. The summed E-state index contributed by atoms with van der Waals surface area (Å²) in [5.41, 5.74) is 0.659. The molecule has 2 N–H and O–H groups in total. The fourth-order valence-corrected chi connectivity index (χ4v) is 2.83. The number of primary sulfonamides is 1. The lowest BCUT2D eigenvalue weighted by Gasteiger charge is -2.26. The van der Waals surface area contributed by atoms with E-state index in [0.29, 0.717) is 17.7 Å². The van der Waals surface area contributed by atoms with E-state index in [9.17, 15) is 13.2 Å². The van der Waals surface area contributed by atoms with E-state index >= 15 is 0 Å². The highest BCUT2D eigenvalue weighted by atomic mass is 32.2. The first kappa shape index (κ1) is 13.4. The SMILES string of the molecule is NS(=O)(=O)c1ccc2c(c1)CC(C(=O)OC1CCC1)O2. The second-order valence-electron chi connectivity index (χ2n) is 5.11. The molecule has 1 aliphatic heterocycles. The van der Waals surface area contributed by atoms with Gasteiger partial charge in [0, 0.05) is 6.42 Å². The van der Waals surface area contributed by atoms with E-state index in [4.69, 9.17) is 14.6 Å². The molecule has 2 aliphatic rings. The van der Waals surface area contributed by atoms with Crippen molar-refractivity contribution in [1.82, 2.24) is 0 Å². The van der Waals surface area contributed by atoms with E-state index in [-0.39, 0.29) is 17.0 Å².